The zero-order chi connectivity index (χ0) is 11.8. The number of nitrogen functional groups attached to an aromatic ring is 1. The fourth-order valence-corrected chi connectivity index (χ4v) is 1.05. The van der Waals surface area contributed by atoms with Crippen molar-refractivity contribution in [3.63, 3.8) is 0 Å². The molecule has 0 bridgehead atoms. The predicted molar refractivity (Wildman–Crippen MR) is 51.9 cm³/mol. The Morgan fingerprint density at radius 2 is 1.87 bits per heavy atom. The molecule has 5 heteroatoms. The van der Waals surface area contributed by atoms with Crippen LogP contribution in [0.3, 0.4) is 0 Å². The predicted octanol–water partition coefficient (Wildman–Crippen LogP) is 0.780. The first kappa shape index (κ1) is 12.9. The minimum Gasteiger partial charge on any atom is -0.465 e. The molecule has 1 aromatic carbocycles. The zero-order valence-corrected chi connectivity index (χ0v) is 8.44. The maximum absolute atomic E-state index is 11.0. The first-order valence-corrected chi connectivity index (χ1v) is 4.00. The molecule has 15 heavy (non-hydrogen) atoms. The molecule has 0 saturated heterocycles. The van der Waals surface area contributed by atoms with Crippen molar-refractivity contribution in [1.29, 1.82) is 0 Å². The lowest BCUT2D eigenvalue weighted by Gasteiger charge is -2.01. The van der Waals surface area contributed by atoms with Crippen molar-refractivity contribution in [2.24, 2.45) is 0 Å². The van der Waals surface area contributed by atoms with E-state index >= 15 is 0 Å². The standard InChI is InChI=1S/C9H11NO2.CO2/c1-6-3-7(9(11)12-2)5-8(10)4-6;2-1-3/h3-5H,10H2,1-2H3;. The summed E-state index contributed by atoms with van der Waals surface area (Å²) < 4.78 is 4.55. The van der Waals surface area contributed by atoms with Crippen molar-refractivity contribution < 1.29 is 19.1 Å². The van der Waals surface area contributed by atoms with Crippen LogP contribution in [0.25, 0.3) is 0 Å². The monoisotopic (exact) mass is 209 g/mol. The van der Waals surface area contributed by atoms with E-state index < -0.39 is 0 Å². The minimum absolute atomic E-state index is 0.250. The first-order chi connectivity index (χ1) is 7.04. The molecule has 0 heterocycles. The summed E-state index contributed by atoms with van der Waals surface area (Å²) in [4.78, 5) is 27.3. The molecular formula is C10H11NO4. The molecule has 0 atom stereocenters. The average molecular weight is 209 g/mol. The number of carbonyl (C=O) groups excluding carboxylic acids is 3. The summed E-state index contributed by atoms with van der Waals surface area (Å²) in [6.45, 7) is 1.88. The van der Waals surface area contributed by atoms with Crippen molar-refractivity contribution in [1.82, 2.24) is 0 Å². The molecule has 80 valence electrons. The van der Waals surface area contributed by atoms with Crippen LogP contribution in [0.4, 0.5) is 5.69 Å². The highest BCUT2D eigenvalue weighted by atomic mass is 16.5. The van der Waals surface area contributed by atoms with Crippen LogP contribution in [-0.4, -0.2) is 19.2 Å². The SMILES string of the molecule is COC(=O)c1cc(C)cc(N)c1.O=C=O. The van der Waals surface area contributed by atoms with Crippen LogP contribution in [0.5, 0.6) is 0 Å². The summed E-state index contributed by atoms with van der Waals surface area (Å²) in [5.41, 5.74) is 7.57. The molecule has 0 aliphatic rings. The third-order valence-corrected chi connectivity index (χ3v) is 1.52. The van der Waals surface area contributed by atoms with Crippen molar-refractivity contribution in [3.8, 4) is 0 Å². The third-order valence-electron chi connectivity index (χ3n) is 1.52. The number of carbonyl (C=O) groups is 1. The van der Waals surface area contributed by atoms with Crippen molar-refractivity contribution >= 4 is 17.8 Å². The minimum atomic E-state index is -0.356. The van der Waals surface area contributed by atoms with Crippen molar-refractivity contribution in [2.45, 2.75) is 6.92 Å². The van der Waals surface area contributed by atoms with E-state index in [1.54, 1.807) is 18.2 Å². The number of benzene rings is 1. The second kappa shape index (κ2) is 6.34. The van der Waals surface area contributed by atoms with Gasteiger partial charge in [-0.1, -0.05) is 0 Å². The summed E-state index contributed by atoms with van der Waals surface area (Å²) in [5, 5.41) is 0. The van der Waals surface area contributed by atoms with E-state index in [4.69, 9.17) is 15.3 Å². The second-order valence-electron chi connectivity index (χ2n) is 2.71. The number of rotatable bonds is 1. The number of nitrogens with two attached hydrogens (primary N) is 1. The van der Waals surface area contributed by atoms with Crippen LogP contribution in [0.1, 0.15) is 15.9 Å². The Morgan fingerprint density at radius 3 is 2.27 bits per heavy atom. The molecular weight excluding hydrogens is 198 g/mol. The van der Waals surface area contributed by atoms with Gasteiger partial charge in [0.15, 0.2) is 0 Å². The van der Waals surface area contributed by atoms with E-state index in [0.29, 0.717) is 11.3 Å². The van der Waals surface area contributed by atoms with Gasteiger partial charge in [-0.15, -0.1) is 0 Å². The largest absolute Gasteiger partial charge is 0.465 e. The topological polar surface area (TPSA) is 86.5 Å². The summed E-state index contributed by atoms with van der Waals surface area (Å²) in [6.07, 6.45) is 0.250. The van der Waals surface area contributed by atoms with Crippen LogP contribution in [0.2, 0.25) is 0 Å². The number of anilines is 1. The van der Waals surface area contributed by atoms with Gasteiger partial charge in [0.2, 0.25) is 0 Å². The van der Waals surface area contributed by atoms with Gasteiger partial charge in [-0.2, -0.15) is 9.59 Å². The van der Waals surface area contributed by atoms with E-state index in [1.807, 2.05) is 6.92 Å². The highest BCUT2D eigenvalue weighted by Gasteiger charge is 2.05. The first-order valence-electron chi connectivity index (χ1n) is 4.00. The fraction of sp³-hybridized carbons (Fsp3) is 0.200. The number of hydrogen-bond donors (Lipinski definition) is 1. The molecule has 1 aromatic rings. The molecule has 0 fully saturated rings. The molecule has 0 unspecified atom stereocenters. The molecule has 0 spiro atoms. The number of methoxy groups -OCH3 is 1. The Labute approximate surface area is 86.8 Å². The molecule has 0 amide bonds. The Balaban J connectivity index is 0.000000583. The Hall–Kier alpha value is -2.13. The number of esters is 1. The fourth-order valence-electron chi connectivity index (χ4n) is 1.05. The molecule has 0 aliphatic carbocycles. The van der Waals surface area contributed by atoms with Crippen LogP contribution < -0.4 is 5.73 Å². The van der Waals surface area contributed by atoms with Gasteiger partial charge in [0.1, 0.15) is 0 Å². The van der Waals surface area contributed by atoms with Gasteiger partial charge in [-0.25, -0.2) is 4.79 Å². The van der Waals surface area contributed by atoms with Crippen LogP contribution >= 0.6 is 0 Å². The summed E-state index contributed by atoms with van der Waals surface area (Å²) in [6, 6.07) is 5.13. The molecule has 2 N–H and O–H groups in total. The lowest BCUT2D eigenvalue weighted by atomic mass is 10.1. The quantitative estimate of drug-likeness (QED) is 0.545. The van der Waals surface area contributed by atoms with E-state index in [2.05, 4.69) is 4.74 Å². The summed E-state index contributed by atoms with van der Waals surface area (Å²) in [5.74, 6) is -0.356. The van der Waals surface area contributed by atoms with E-state index in [0.717, 1.165) is 5.56 Å². The van der Waals surface area contributed by atoms with Crippen molar-refractivity contribution in [2.75, 3.05) is 12.8 Å². The van der Waals surface area contributed by atoms with E-state index in [9.17, 15) is 4.79 Å². The normalized spacial score (nSPS) is 8.13. The second-order valence-corrected chi connectivity index (χ2v) is 2.71. The Morgan fingerprint density at radius 1 is 1.33 bits per heavy atom. The van der Waals surface area contributed by atoms with Crippen LogP contribution in [-0.2, 0) is 14.3 Å². The third kappa shape index (κ3) is 4.59. The Bertz CT molecular complexity index is 361. The van der Waals surface area contributed by atoms with Gasteiger partial charge in [0, 0.05) is 5.69 Å². The maximum atomic E-state index is 11.0. The van der Waals surface area contributed by atoms with Gasteiger partial charge in [0.05, 0.1) is 12.7 Å². The zero-order valence-electron chi connectivity index (χ0n) is 8.44. The number of hydrogen-bond acceptors (Lipinski definition) is 5. The molecule has 0 aromatic heterocycles. The van der Waals surface area contributed by atoms with Gasteiger partial charge < -0.3 is 10.5 Å². The maximum Gasteiger partial charge on any atom is 0.373 e. The van der Waals surface area contributed by atoms with Crippen LogP contribution in [0.15, 0.2) is 18.2 Å². The molecule has 0 aliphatic heterocycles. The average Bonchev–Trinajstić information content (AvgIpc) is 2.16. The summed E-state index contributed by atoms with van der Waals surface area (Å²) >= 11 is 0. The smallest absolute Gasteiger partial charge is 0.373 e. The summed E-state index contributed by atoms with van der Waals surface area (Å²) in [7, 11) is 1.35. The van der Waals surface area contributed by atoms with Gasteiger partial charge in [0.25, 0.3) is 0 Å². The van der Waals surface area contributed by atoms with E-state index in [-0.39, 0.29) is 12.1 Å². The molecule has 0 radical (unpaired) electrons. The molecule has 1 rings (SSSR count). The lowest BCUT2D eigenvalue weighted by Crippen LogP contribution is -2.02. The molecule has 0 saturated carbocycles. The van der Waals surface area contributed by atoms with Gasteiger partial charge >= 0.3 is 12.1 Å². The van der Waals surface area contributed by atoms with E-state index in [1.165, 1.54) is 7.11 Å². The number of ether oxygens (including phenoxy) is 1. The highest BCUT2D eigenvalue weighted by Crippen LogP contribution is 2.11. The van der Waals surface area contributed by atoms with Crippen LogP contribution in [0, 0.1) is 6.92 Å². The molecule has 5 nitrogen and oxygen atoms in total. The Kier molecular flexibility index (Phi) is 5.44. The highest BCUT2D eigenvalue weighted by molar-refractivity contribution is 5.90. The van der Waals surface area contributed by atoms with Gasteiger partial charge in [-0.05, 0) is 30.7 Å². The lowest BCUT2D eigenvalue weighted by molar-refractivity contribution is -0.191. The van der Waals surface area contributed by atoms with Crippen molar-refractivity contribution in [3.05, 3.63) is 29.3 Å². The number of aryl methyl sites for hydroxylation is 1. The van der Waals surface area contributed by atoms with Gasteiger partial charge in [-0.3, -0.25) is 0 Å².